The molecule has 1 aromatic heterocycles. The van der Waals surface area contributed by atoms with Crippen molar-refractivity contribution in [3.05, 3.63) is 75.7 Å². The molecular formula is C20H16F3N3O6. The SMILES string of the molecule is CC(OC(=O)c1ccc(COCC(F)(F)F)cc1)c1nnc(-c2ccc([N+](=O)[O-])cc2)o1. The number of esters is 1. The van der Waals surface area contributed by atoms with Gasteiger partial charge in [-0.15, -0.1) is 10.2 Å². The molecule has 0 aliphatic rings. The number of nitrogens with zero attached hydrogens (tertiary/aromatic N) is 3. The van der Waals surface area contributed by atoms with Crippen LogP contribution in [0.1, 0.15) is 34.8 Å². The maximum atomic E-state index is 12.3. The van der Waals surface area contributed by atoms with E-state index in [1.165, 1.54) is 55.5 Å². The van der Waals surface area contributed by atoms with Crippen molar-refractivity contribution in [2.24, 2.45) is 0 Å². The molecule has 0 fully saturated rings. The molecule has 0 N–H and O–H groups in total. The van der Waals surface area contributed by atoms with Crippen LogP contribution in [0.4, 0.5) is 18.9 Å². The molecule has 1 heterocycles. The van der Waals surface area contributed by atoms with Crippen LogP contribution in [0, 0.1) is 10.1 Å². The number of non-ortho nitro benzene ring substituents is 1. The number of carbonyl (C=O) groups excluding carboxylic acids is 1. The van der Waals surface area contributed by atoms with Crippen molar-refractivity contribution in [2.45, 2.75) is 25.8 Å². The molecule has 3 rings (SSSR count). The number of hydrogen-bond donors (Lipinski definition) is 0. The topological polar surface area (TPSA) is 118 Å². The highest BCUT2D eigenvalue weighted by atomic mass is 19.4. The Morgan fingerprint density at radius 1 is 1.12 bits per heavy atom. The summed E-state index contributed by atoms with van der Waals surface area (Å²) in [6, 6.07) is 11.2. The molecule has 32 heavy (non-hydrogen) atoms. The van der Waals surface area contributed by atoms with Gasteiger partial charge >= 0.3 is 12.1 Å². The summed E-state index contributed by atoms with van der Waals surface area (Å²) in [4.78, 5) is 22.5. The van der Waals surface area contributed by atoms with E-state index < -0.39 is 29.8 Å². The van der Waals surface area contributed by atoms with Crippen molar-refractivity contribution in [3.63, 3.8) is 0 Å². The van der Waals surface area contributed by atoms with Crippen LogP contribution in [0.2, 0.25) is 0 Å². The van der Waals surface area contributed by atoms with E-state index in [0.29, 0.717) is 11.1 Å². The molecule has 168 valence electrons. The van der Waals surface area contributed by atoms with Crippen LogP contribution in [0.5, 0.6) is 0 Å². The maximum absolute atomic E-state index is 12.3. The largest absolute Gasteiger partial charge is 0.449 e. The molecule has 0 aliphatic carbocycles. The molecule has 0 saturated carbocycles. The lowest BCUT2D eigenvalue weighted by atomic mass is 10.1. The van der Waals surface area contributed by atoms with Crippen molar-refractivity contribution < 1.29 is 36.8 Å². The van der Waals surface area contributed by atoms with E-state index in [0.717, 1.165) is 0 Å². The normalized spacial score (nSPS) is 12.4. The fourth-order valence-corrected chi connectivity index (χ4v) is 2.54. The second kappa shape index (κ2) is 9.56. The second-order valence-corrected chi connectivity index (χ2v) is 6.60. The summed E-state index contributed by atoms with van der Waals surface area (Å²) in [5.74, 6) is -0.583. The Labute approximate surface area is 178 Å². The van der Waals surface area contributed by atoms with Crippen LogP contribution in [-0.2, 0) is 16.1 Å². The minimum Gasteiger partial charge on any atom is -0.449 e. The van der Waals surface area contributed by atoms with E-state index in [4.69, 9.17) is 9.15 Å². The molecule has 3 aromatic rings. The quantitative estimate of drug-likeness (QED) is 0.276. The summed E-state index contributed by atoms with van der Waals surface area (Å²) >= 11 is 0. The summed E-state index contributed by atoms with van der Waals surface area (Å²) in [5.41, 5.74) is 1.000. The number of nitro benzene ring substituents is 1. The second-order valence-electron chi connectivity index (χ2n) is 6.60. The number of nitro groups is 1. The lowest BCUT2D eigenvalue weighted by Gasteiger charge is -2.10. The molecule has 0 amide bonds. The number of hydrogen-bond acceptors (Lipinski definition) is 8. The first-order chi connectivity index (χ1) is 15.1. The van der Waals surface area contributed by atoms with Gasteiger partial charge in [0.25, 0.3) is 11.6 Å². The Morgan fingerprint density at radius 2 is 1.78 bits per heavy atom. The Bertz CT molecular complexity index is 1080. The standard InChI is InChI=1S/C20H16F3N3O6/c1-12(17-24-25-18(32-17)14-6-8-16(9-7-14)26(28)29)31-19(27)15-4-2-13(3-5-15)10-30-11-20(21,22)23/h2-9,12H,10-11H2,1H3. The highest BCUT2D eigenvalue weighted by Gasteiger charge is 2.27. The number of carbonyl (C=O) groups is 1. The highest BCUT2D eigenvalue weighted by molar-refractivity contribution is 5.89. The molecule has 0 bridgehead atoms. The number of alkyl halides is 3. The zero-order chi connectivity index (χ0) is 23.3. The van der Waals surface area contributed by atoms with E-state index in [1.807, 2.05) is 0 Å². The Kier molecular flexibility index (Phi) is 6.83. The van der Waals surface area contributed by atoms with Crippen molar-refractivity contribution in [3.8, 4) is 11.5 Å². The van der Waals surface area contributed by atoms with Gasteiger partial charge in [0.15, 0.2) is 6.10 Å². The summed E-state index contributed by atoms with van der Waals surface area (Å²) in [6.45, 7) is -0.0939. The predicted octanol–water partition coefficient (Wildman–Crippen LogP) is 4.64. The molecule has 1 unspecified atom stereocenters. The first-order valence-electron chi connectivity index (χ1n) is 9.15. The Morgan fingerprint density at radius 3 is 2.38 bits per heavy atom. The fraction of sp³-hybridized carbons (Fsp3) is 0.250. The van der Waals surface area contributed by atoms with Crippen molar-refractivity contribution >= 4 is 11.7 Å². The van der Waals surface area contributed by atoms with Gasteiger partial charge in [0.1, 0.15) is 6.61 Å². The van der Waals surface area contributed by atoms with Crippen LogP contribution >= 0.6 is 0 Å². The molecule has 12 heteroatoms. The van der Waals surface area contributed by atoms with E-state index in [-0.39, 0.29) is 29.6 Å². The third kappa shape index (κ3) is 6.11. The van der Waals surface area contributed by atoms with Gasteiger partial charge in [-0.1, -0.05) is 12.1 Å². The van der Waals surface area contributed by atoms with Crippen LogP contribution in [-0.4, -0.2) is 33.9 Å². The molecule has 9 nitrogen and oxygen atoms in total. The molecule has 0 saturated heterocycles. The van der Waals surface area contributed by atoms with Crippen molar-refractivity contribution in [1.82, 2.24) is 10.2 Å². The lowest BCUT2D eigenvalue weighted by Crippen LogP contribution is -2.16. The van der Waals surface area contributed by atoms with Gasteiger partial charge in [0.05, 0.1) is 17.1 Å². The van der Waals surface area contributed by atoms with Crippen LogP contribution in [0.3, 0.4) is 0 Å². The Balaban J connectivity index is 1.58. The first-order valence-corrected chi connectivity index (χ1v) is 9.15. The molecule has 0 spiro atoms. The summed E-state index contributed by atoms with van der Waals surface area (Å²) in [6.07, 6.45) is -5.30. The minimum absolute atomic E-state index is 0.0175. The lowest BCUT2D eigenvalue weighted by molar-refractivity contribution is -0.384. The van der Waals surface area contributed by atoms with Crippen molar-refractivity contribution in [1.29, 1.82) is 0 Å². The van der Waals surface area contributed by atoms with Crippen molar-refractivity contribution in [2.75, 3.05) is 6.61 Å². The van der Waals surface area contributed by atoms with Gasteiger partial charge in [-0.05, 0) is 36.8 Å². The van der Waals surface area contributed by atoms with Gasteiger partial charge in [-0.2, -0.15) is 13.2 Å². The van der Waals surface area contributed by atoms with Gasteiger partial charge in [-0.25, -0.2) is 4.79 Å². The fourth-order valence-electron chi connectivity index (χ4n) is 2.54. The van der Waals surface area contributed by atoms with E-state index >= 15 is 0 Å². The van der Waals surface area contributed by atoms with Gasteiger partial charge in [-0.3, -0.25) is 10.1 Å². The molecule has 1 atom stereocenters. The number of benzene rings is 2. The Hall–Kier alpha value is -3.80. The average molecular weight is 451 g/mol. The van der Waals surface area contributed by atoms with Crippen LogP contribution in [0.15, 0.2) is 52.9 Å². The van der Waals surface area contributed by atoms with E-state index in [1.54, 1.807) is 0 Å². The molecule has 2 aromatic carbocycles. The number of rotatable bonds is 8. The van der Waals surface area contributed by atoms with E-state index in [9.17, 15) is 28.1 Å². The number of halogens is 3. The van der Waals surface area contributed by atoms with Crippen LogP contribution < -0.4 is 0 Å². The van der Waals surface area contributed by atoms with Gasteiger partial charge < -0.3 is 13.9 Å². The summed E-state index contributed by atoms with van der Waals surface area (Å²) < 4.78 is 51.6. The third-order valence-corrected chi connectivity index (χ3v) is 4.12. The monoisotopic (exact) mass is 451 g/mol. The van der Waals surface area contributed by atoms with Gasteiger partial charge in [0, 0.05) is 17.7 Å². The highest BCUT2D eigenvalue weighted by Crippen LogP contribution is 2.25. The zero-order valence-electron chi connectivity index (χ0n) is 16.5. The minimum atomic E-state index is -4.41. The summed E-state index contributed by atoms with van der Waals surface area (Å²) in [5, 5.41) is 18.4. The molecule has 0 radical (unpaired) electrons. The smallest absolute Gasteiger partial charge is 0.411 e. The number of aromatic nitrogens is 2. The third-order valence-electron chi connectivity index (χ3n) is 4.12. The van der Waals surface area contributed by atoms with Gasteiger partial charge in [0.2, 0.25) is 5.89 Å². The maximum Gasteiger partial charge on any atom is 0.411 e. The number of ether oxygens (including phenoxy) is 2. The first kappa shape index (κ1) is 22.9. The van der Waals surface area contributed by atoms with E-state index in [2.05, 4.69) is 14.9 Å². The zero-order valence-corrected chi connectivity index (χ0v) is 16.5. The molecular weight excluding hydrogens is 435 g/mol. The molecule has 0 aliphatic heterocycles. The summed E-state index contributed by atoms with van der Waals surface area (Å²) in [7, 11) is 0. The predicted molar refractivity (Wildman–Crippen MR) is 102 cm³/mol. The van der Waals surface area contributed by atoms with Crippen LogP contribution in [0.25, 0.3) is 11.5 Å². The average Bonchev–Trinajstić information content (AvgIpc) is 3.24.